The molecule has 112 valence electrons. The molecule has 4 nitrogen and oxygen atoms in total. The second kappa shape index (κ2) is 7.13. The van der Waals surface area contributed by atoms with Gasteiger partial charge >= 0.3 is 0 Å². The fraction of sp³-hybridized carbons (Fsp3) is 0.538. The van der Waals surface area contributed by atoms with Crippen molar-refractivity contribution < 1.29 is 8.42 Å². The smallest absolute Gasteiger partial charge is 0.240 e. The Morgan fingerprint density at radius 3 is 2.80 bits per heavy atom. The number of thioether (sulfide) groups is 1. The summed E-state index contributed by atoms with van der Waals surface area (Å²) in [4.78, 5) is 0.274. The lowest BCUT2D eigenvalue weighted by molar-refractivity contribution is 0.584. The van der Waals surface area contributed by atoms with Crippen LogP contribution in [0.1, 0.15) is 18.4 Å². The molecule has 0 spiro atoms. The van der Waals surface area contributed by atoms with Crippen molar-refractivity contribution in [1.29, 1.82) is 0 Å². The molecule has 7 heteroatoms. The SMILES string of the molecule is CSCCNS(=O)(=O)c1ccc(Cl)c(CNC2CC2)c1. The summed E-state index contributed by atoms with van der Waals surface area (Å²) in [5.41, 5.74) is 0.825. The zero-order chi connectivity index (χ0) is 14.6. The highest BCUT2D eigenvalue weighted by Crippen LogP contribution is 2.23. The number of sulfonamides is 1. The molecule has 1 fully saturated rings. The van der Waals surface area contributed by atoms with Gasteiger partial charge in [-0.1, -0.05) is 11.6 Å². The molecule has 1 aromatic carbocycles. The van der Waals surface area contributed by atoms with E-state index >= 15 is 0 Å². The molecule has 2 N–H and O–H groups in total. The van der Waals surface area contributed by atoms with E-state index in [0.717, 1.165) is 11.3 Å². The second-order valence-corrected chi connectivity index (χ2v) is 7.96. The lowest BCUT2D eigenvalue weighted by Crippen LogP contribution is -2.26. The van der Waals surface area contributed by atoms with Gasteiger partial charge in [0.15, 0.2) is 0 Å². The highest BCUT2D eigenvalue weighted by Gasteiger charge is 2.21. The Balaban J connectivity index is 2.08. The Labute approximate surface area is 129 Å². The minimum atomic E-state index is -3.44. The third-order valence-corrected chi connectivity index (χ3v) is 5.52. The second-order valence-electron chi connectivity index (χ2n) is 4.80. The predicted octanol–water partition coefficient (Wildman–Crippen LogP) is 2.23. The van der Waals surface area contributed by atoms with Gasteiger partial charge in [-0.2, -0.15) is 11.8 Å². The lowest BCUT2D eigenvalue weighted by Gasteiger charge is -2.10. The van der Waals surface area contributed by atoms with Crippen LogP contribution in [-0.4, -0.2) is 33.0 Å². The summed E-state index contributed by atoms with van der Waals surface area (Å²) in [6.45, 7) is 1.04. The molecule has 0 saturated heterocycles. The maximum atomic E-state index is 12.1. The van der Waals surface area contributed by atoms with Crippen molar-refractivity contribution in [2.75, 3.05) is 18.6 Å². The quantitative estimate of drug-likeness (QED) is 0.716. The largest absolute Gasteiger partial charge is 0.310 e. The van der Waals surface area contributed by atoms with Crippen molar-refractivity contribution >= 4 is 33.4 Å². The summed E-state index contributed by atoms with van der Waals surface area (Å²) >= 11 is 7.72. The van der Waals surface area contributed by atoms with E-state index in [1.807, 2.05) is 6.26 Å². The molecule has 1 aliphatic carbocycles. The van der Waals surface area contributed by atoms with Gasteiger partial charge in [0.1, 0.15) is 0 Å². The highest BCUT2D eigenvalue weighted by molar-refractivity contribution is 7.98. The molecule has 2 rings (SSSR count). The van der Waals surface area contributed by atoms with Crippen LogP contribution in [0.15, 0.2) is 23.1 Å². The molecular weight excluding hydrogens is 316 g/mol. The normalized spacial score (nSPS) is 15.5. The van der Waals surface area contributed by atoms with E-state index in [1.165, 1.54) is 12.8 Å². The van der Waals surface area contributed by atoms with Crippen LogP contribution >= 0.6 is 23.4 Å². The van der Waals surface area contributed by atoms with Gasteiger partial charge in [-0.25, -0.2) is 13.1 Å². The van der Waals surface area contributed by atoms with Gasteiger partial charge in [-0.3, -0.25) is 0 Å². The molecule has 0 radical (unpaired) electrons. The summed E-state index contributed by atoms with van der Waals surface area (Å²) in [5.74, 6) is 0.753. The average molecular weight is 335 g/mol. The number of halogens is 1. The molecule has 0 unspecified atom stereocenters. The molecule has 1 aliphatic rings. The van der Waals surface area contributed by atoms with Crippen LogP contribution in [0.3, 0.4) is 0 Å². The van der Waals surface area contributed by atoms with Crippen molar-refractivity contribution in [1.82, 2.24) is 10.0 Å². The van der Waals surface area contributed by atoms with Crippen molar-refractivity contribution in [3.63, 3.8) is 0 Å². The first kappa shape index (κ1) is 16.1. The van der Waals surface area contributed by atoms with Crippen LogP contribution in [0.25, 0.3) is 0 Å². The Morgan fingerprint density at radius 2 is 2.15 bits per heavy atom. The van der Waals surface area contributed by atoms with Gasteiger partial charge in [0, 0.05) is 29.9 Å². The van der Waals surface area contributed by atoms with E-state index in [-0.39, 0.29) is 4.90 Å². The summed E-state index contributed by atoms with van der Waals surface area (Å²) in [6.07, 6.45) is 4.32. The van der Waals surface area contributed by atoms with Gasteiger partial charge in [-0.05, 0) is 42.9 Å². The third kappa shape index (κ3) is 4.63. The van der Waals surface area contributed by atoms with Crippen molar-refractivity contribution in [3.05, 3.63) is 28.8 Å². The van der Waals surface area contributed by atoms with Crippen molar-refractivity contribution in [2.45, 2.75) is 30.3 Å². The van der Waals surface area contributed by atoms with E-state index in [2.05, 4.69) is 10.0 Å². The van der Waals surface area contributed by atoms with Crippen LogP contribution in [0, 0.1) is 0 Å². The van der Waals surface area contributed by atoms with Crippen LogP contribution in [0.4, 0.5) is 0 Å². The average Bonchev–Trinajstić information content (AvgIpc) is 3.22. The molecule has 20 heavy (non-hydrogen) atoms. The fourth-order valence-corrected chi connectivity index (χ4v) is 3.46. The first-order valence-electron chi connectivity index (χ1n) is 6.53. The van der Waals surface area contributed by atoms with Crippen LogP contribution in [0.5, 0.6) is 0 Å². The van der Waals surface area contributed by atoms with Gasteiger partial charge in [0.05, 0.1) is 4.90 Å². The zero-order valence-corrected chi connectivity index (χ0v) is 13.7. The van der Waals surface area contributed by atoms with Gasteiger partial charge in [0.25, 0.3) is 0 Å². The molecule has 0 amide bonds. The summed E-state index contributed by atoms with van der Waals surface area (Å²) in [5, 5.41) is 3.94. The van der Waals surface area contributed by atoms with Crippen LogP contribution in [-0.2, 0) is 16.6 Å². The summed E-state index contributed by atoms with van der Waals surface area (Å²) in [6, 6.07) is 5.41. The lowest BCUT2D eigenvalue weighted by atomic mass is 10.2. The number of hydrogen-bond donors (Lipinski definition) is 2. The monoisotopic (exact) mass is 334 g/mol. The summed E-state index contributed by atoms with van der Waals surface area (Å²) < 4.78 is 26.9. The zero-order valence-electron chi connectivity index (χ0n) is 11.4. The van der Waals surface area contributed by atoms with Gasteiger partial charge < -0.3 is 5.32 Å². The molecule has 1 aromatic rings. The Morgan fingerprint density at radius 1 is 1.40 bits per heavy atom. The van der Waals surface area contributed by atoms with Crippen molar-refractivity contribution in [2.24, 2.45) is 0 Å². The summed E-state index contributed by atoms with van der Waals surface area (Å²) in [7, 11) is -3.44. The molecule has 0 heterocycles. The van der Waals surface area contributed by atoms with Crippen LogP contribution in [0.2, 0.25) is 5.02 Å². The number of nitrogens with one attached hydrogen (secondary N) is 2. The molecule has 0 atom stereocenters. The number of benzene rings is 1. The Hall–Kier alpha value is -0.270. The standard InChI is InChI=1S/C13H19ClN2O2S2/c1-19-7-6-16-20(17,18)12-4-5-13(14)10(8-12)9-15-11-2-3-11/h4-5,8,11,15-16H,2-3,6-7,9H2,1H3. The van der Waals surface area contributed by atoms with E-state index in [1.54, 1.807) is 30.0 Å². The molecule has 0 bridgehead atoms. The molecule has 1 saturated carbocycles. The topological polar surface area (TPSA) is 58.2 Å². The van der Waals surface area contributed by atoms with E-state index in [0.29, 0.717) is 24.2 Å². The molecule has 0 aromatic heterocycles. The maximum absolute atomic E-state index is 12.1. The minimum Gasteiger partial charge on any atom is -0.310 e. The van der Waals surface area contributed by atoms with E-state index < -0.39 is 10.0 Å². The van der Waals surface area contributed by atoms with Gasteiger partial charge in [0.2, 0.25) is 10.0 Å². The van der Waals surface area contributed by atoms with Gasteiger partial charge in [-0.15, -0.1) is 0 Å². The number of rotatable bonds is 8. The first-order chi connectivity index (χ1) is 9.53. The van der Waals surface area contributed by atoms with Crippen LogP contribution < -0.4 is 10.0 Å². The number of hydrogen-bond acceptors (Lipinski definition) is 4. The van der Waals surface area contributed by atoms with E-state index in [4.69, 9.17) is 11.6 Å². The van der Waals surface area contributed by atoms with E-state index in [9.17, 15) is 8.42 Å². The first-order valence-corrected chi connectivity index (χ1v) is 9.79. The maximum Gasteiger partial charge on any atom is 0.240 e. The van der Waals surface area contributed by atoms with Crippen molar-refractivity contribution in [3.8, 4) is 0 Å². The Bertz CT molecular complexity index is 559. The molecular formula is C13H19ClN2O2S2. The minimum absolute atomic E-state index is 0.274. The Kier molecular flexibility index (Phi) is 5.74. The predicted molar refractivity (Wildman–Crippen MR) is 84.9 cm³/mol. The highest BCUT2D eigenvalue weighted by atomic mass is 35.5. The third-order valence-electron chi connectivity index (χ3n) is 3.08. The fourth-order valence-electron chi connectivity index (χ4n) is 1.76. The molecule has 0 aliphatic heterocycles.